The third-order valence-electron chi connectivity index (χ3n) is 3.77. The lowest BCUT2D eigenvalue weighted by Crippen LogP contribution is -2.33. The highest BCUT2D eigenvalue weighted by Crippen LogP contribution is 2.42. The van der Waals surface area contributed by atoms with Crippen molar-refractivity contribution in [2.45, 2.75) is 18.2 Å². The minimum atomic E-state index is -1.80. The van der Waals surface area contributed by atoms with Gasteiger partial charge in [0, 0.05) is 25.1 Å². The maximum Gasteiger partial charge on any atom is 0.270 e. The van der Waals surface area contributed by atoms with E-state index in [1.807, 2.05) is 0 Å². The van der Waals surface area contributed by atoms with Gasteiger partial charge < -0.3 is 0 Å². The number of hydrogen-bond acceptors (Lipinski definition) is 6. The summed E-state index contributed by atoms with van der Waals surface area (Å²) >= 11 is 0. The molecule has 1 aliphatic carbocycles. The van der Waals surface area contributed by atoms with Crippen molar-refractivity contribution in [3.63, 3.8) is 0 Å². The number of anilines is 1. The smallest absolute Gasteiger partial charge is 0.270 e. The molecular weight excluding hydrogens is 350 g/mol. The molecular formula is C15H11N3O6S. The number of nitro groups is 2. The molecule has 0 saturated heterocycles. The summed E-state index contributed by atoms with van der Waals surface area (Å²) in [4.78, 5) is 34.5. The van der Waals surface area contributed by atoms with Crippen molar-refractivity contribution in [1.82, 2.24) is 0 Å². The highest BCUT2D eigenvalue weighted by Gasteiger charge is 2.35. The molecule has 0 spiro atoms. The molecule has 1 heterocycles. The van der Waals surface area contributed by atoms with Gasteiger partial charge in [0.25, 0.3) is 5.69 Å². The second kappa shape index (κ2) is 6.06. The first-order valence-electron chi connectivity index (χ1n) is 7.08. The third kappa shape index (κ3) is 2.76. The molecule has 1 aromatic rings. The molecule has 3 rings (SSSR count). The Kier molecular flexibility index (Phi) is 4.05. The van der Waals surface area contributed by atoms with E-state index >= 15 is 0 Å². The van der Waals surface area contributed by atoms with Gasteiger partial charge in [0.15, 0.2) is 0 Å². The number of carbonyl (C=O) groups is 1. The Balaban J connectivity index is 2.24. The van der Waals surface area contributed by atoms with Gasteiger partial charge in [0.05, 0.1) is 48.3 Å². The van der Waals surface area contributed by atoms with E-state index < -0.39 is 26.6 Å². The fourth-order valence-corrected chi connectivity index (χ4v) is 4.05. The summed E-state index contributed by atoms with van der Waals surface area (Å²) in [5, 5.41) is 22.0. The molecule has 1 amide bonds. The molecule has 1 atom stereocenters. The predicted molar refractivity (Wildman–Crippen MR) is 88.5 cm³/mol. The first-order chi connectivity index (χ1) is 11.8. The normalized spacial score (nSPS) is 18.8. The zero-order valence-corrected chi connectivity index (χ0v) is 13.7. The molecule has 0 N–H and O–H groups in total. The number of nitro benzene ring substituents is 1. The molecule has 0 fully saturated rings. The van der Waals surface area contributed by atoms with Crippen LogP contribution in [0.5, 0.6) is 0 Å². The van der Waals surface area contributed by atoms with E-state index in [-0.39, 0.29) is 39.0 Å². The Morgan fingerprint density at radius 1 is 1.20 bits per heavy atom. The van der Waals surface area contributed by atoms with Crippen LogP contribution in [0.25, 0.3) is 0 Å². The van der Waals surface area contributed by atoms with Crippen LogP contribution in [0.4, 0.5) is 11.4 Å². The van der Waals surface area contributed by atoms with Gasteiger partial charge in [-0.25, -0.2) is 4.21 Å². The van der Waals surface area contributed by atoms with Crippen molar-refractivity contribution in [1.29, 1.82) is 0 Å². The SMILES string of the molecule is CC(=O)N1C2=CC=C([N+](=O)[O-])CC=C2S(=O)c2cc([N+](=O)[O-])ccc21. The van der Waals surface area contributed by atoms with Gasteiger partial charge in [-0.05, 0) is 12.1 Å². The van der Waals surface area contributed by atoms with E-state index in [9.17, 15) is 29.2 Å². The molecule has 9 nitrogen and oxygen atoms in total. The van der Waals surface area contributed by atoms with Crippen LogP contribution in [0, 0.1) is 20.2 Å². The number of carbonyl (C=O) groups excluding carboxylic acids is 1. The van der Waals surface area contributed by atoms with Crippen molar-refractivity contribution in [2.24, 2.45) is 0 Å². The molecule has 128 valence electrons. The van der Waals surface area contributed by atoms with E-state index in [0.29, 0.717) is 0 Å². The number of benzene rings is 1. The summed E-state index contributed by atoms with van der Waals surface area (Å²) in [6, 6.07) is 3.73. The maximum atomic E-state index is 12.9. The fourth-order valence-electron chi connectivity index (χ4n) is 2.66. The Bertz CT molecular complexity index is 947. The molecule has 2 aliphatic rings. The third-order valence-corrected chi connectivity index (χ3v) is 5.27. The van der Waals surface area contributed by atoms with Crippen LogP contribution < -0.4 is 4.90 Å². The van der Waals surface area contributed by atoms with Crippen LogP contribution in [-0.2, 0) is 15.6 Å². The second-order valence-corrected chi connectivity index (χ2v) is 6.69. The van der Waals surface area contributed by atoms with Crippen LogP contribution in [0.15, 0.2) is 57.6 Å². The quantitative estimate of drug-likeness (QED) is 0.588. The number of allylic oxidation sites excluding steroid dienone is 3. The average molecular weight is 361 g/mol. The predicted octanol–water partition coefficient (Wildman–Crippen LogP) is 2.40. The summed E-state index contributed by atoms with van der Waals surface area (Å²) in [6.45, 7) is 1.29. The molecule has 1 unspecified atom stereocenters. The summed E-state index contributed by atoms with van der Waals surface area (Å²) in [5.41, 5.74) is 0.174. The standard InChI is InChI=1S/C15H11N3O6S/c1-9(19)16-12-5-2-10(17(20)21)4-7-14(12)25(24)15-8-11(18(22)23)3-6-13(15)16/h2-3,5-8H,4H2,1H3. The summed E-state index contributed by atoms with van der Waals surface area (Å²) in [6.07, 6.45) is 3.99. The zero-order chi connectivity index (χ0) is 18.3. The minimum absolute atomic E-state index is 0.0654. The lowest BCUT2D eigenvalue weighted by molar-refractivity contribution is -0.426. The van der Waals surface area contributed by atoms with E-state index in [1.165, 1.54) is 42.2 Å². The van der Waals surface area contributed by atoms with Crippen LogP contribution in [0.1, 0.15) is 13.3 Å². The largest absolute Gasteiger partial charge is 0.279 e. The highest BCUT2D eigenvalue weighted by molar-refractivity contribution is 7.89. The topological polar surface area (TPSA) is 124 Å². The number of nitrogens with zero attached hydrogens (tertiary/aromatic N) is 3. The molecule has 1 aromatic carbocycles. The summed E-state index contributed by atoms with van der Waals surface area (Å²) < 4.78 is 12.9. The van der Waals surface area contributed by atoms with Gasteiger partial charge in [-0.1, -0.05) is 6.08 Å². The number of hydrogen-bond donors (Lipinski definition) is 0. The highest BCUT2D eigenvalue weighted by atomic mass is 32.2. The number of rotatable bonds is 2. The van der Waals surface area contributed by atoms with E-state index in [2.05, 4.69) is 0 Å². The van der Waals surface area contributed by atoms with Gasteiger partial charge in [0.2, 0.25) is 11.6 Å². The molecule has 0 saturated carbocycles. The van der Waals surface area contributed by atoms with Crippen molar-refractivity contribution >= 4 is 28.1 Å². The van der Waals surface area contributed by atoms with Crippen LogP contribution in [0.3, 0.4) is 0 Å². The van der Waals surface area contributed by atoms with Gasteiger partial charge in [-0.15, -0.1) is 0 Å². The molecule has 10 heteroatoms. The van der Waals surface area contributed by atoms with Crippen molar-refractivity contribution in [2.75, 3.05) is 4.90 Å². The van der Waals surface area contributed by atoms with Crippen molar-refractivity contribution in [3.05, 3.63) is 73.0 Å². The minimum Gasteiger partial charge on any atom is -0.279 e. The number of amides is 1. The summed E-state index contributed by atoms with van der Waals surface area (Å²) in [5.74, 6) is -0.401. The Morgan fingerprint density at radius 2 is 1.92 bits per heavy atom. The Labute approximate surface area is 143 Å². The zero-order valence-electron chi connectivity index (χ0n) is 12.9. The van der Waals surface area contributed by atoms with Gasteiger partial charge in [0.1, 0.15) is 0 Å². The fraction of sp³-hybridized carbons (Fsp3) is 0.133. The van der Waals surface area contributed by atoms with Gasteiger partial charge in [-0.3, -0.25) is 29.9 Å². The molecule has 1 aliphatic heterocycles. The number of non-ortho nitro benzene ring substituents is 1. The second-order valence-electron chi connectivity index (χ2n) is 5.27. The van der Waals surface area contributed by atoms with Gasteiger partial charge in [-0.2, -0.15) is 0 Å². The van der Waals surface area contributed by atoms with Crippen LogP contribution in [0.2, 0.25) is 0 Å². The molecule has 25 heavy (non-hydrogen) atoms. The Morgan fingerprint density at radius 3 is 2.52 bits per heavy atom. The lowest BCUT2D eigenvalue weighted by Gasteiger charge is -2.31. The van der Waals surface area contributed by atoms with E-state index in [1.54, 1.807) is 0 Å². The molecule has 0 bridgehead atoms. The summed E-state index contributed by atoms with van der Waals surface area (Å²) in [7, 11) is -1.80. The first-order valence-corrected chi connectivity index (χ1v) is 8.23. The Hall–Kier alpha value is -3.14. The monoisotopic (exact) mass is 361 g/mol. The van der Waals surface area contributed by atoms with Crippen LogP contribution >= 0.6 is 0 Å². The lowest BCUT2D eigenvalue weighted by atomic mass is 10.2. The first kappa shape index (κ1) is 16.7. The van der Waals surface area contributed by atoms with E-state index in [0.717, 1.165) is 6.07 Å². The molecule has 0 aromatic heterocycles. The van der Waals surface area contributed by atoms with E-state index in [4.69, 9.17) is 0 Å². The molecule has 0 radical (unpaired) electrons. The number of fused-ring (bicyclic) bond motifs is 2. The van der Waals surface area contributed by atoms with Crippen molar-refractivity contribution < 1.29 is 18.9 Å². The van der Waals surface area contributed by atoms with Crippen molar-refractivity contribution in [3.8, 4) is 0 Å². The van der Waals surface area contributed by atoms with Crippen LogP contribution in [-0.4, -0.2) is 20.0 Å². The van der Waals surface area contributed by atoms with Gasteiger partial charge >= 0.3 is 0 Å². The maximum absolute atomic E-state index is 12.9. The average Bonchev–Trinajstić information content (AvgIpc) is 2.77.